The molecule has 1 heterocycles. The van der Waals surface area contributed by atoms with Crippen LogP contribution < -0.4 is 4.74 Å². The van der Waals surface area contributed by atoms with Crippen LogP contribution >= 0.6 is 0 Å². The Hall–Kier alpha value is -1.77. The molecular formula is C9H6NO2. The lowest BCUT2D eigenvalue weighted by molar-refractivity contribution is 0.435. The summed E-state index contributed by atoms with van der Waals surface area (Å²) in [5.41, 5.74) is 0.947. The molecule has 1 N–H and O–H groups in total. The number of benzene rings is 1. The Morgan fingerprint density at radius 1 is 1.33 bits per heavy atom. The van der Waals surface area contributed by atoms with E-state index in [1.807, 2.05) is 24.3 Å². The third-order valence-electron chi connectivity index (χ3n) is 1.66. The van der Waals surface area contributed by atoms with E-state index in [1.54, 1.807) is 6.07 Å². The second-order valence-electron chi connectivity index (χ2n) is 2.41. The topological polar surface area (TPSA) is 42.1 Å². The maximum atomic E-state index is 9.88. The van der Waals surface area contributed by atoms with E-state index in [0.29, 0.717) is 5.88 Å². The molecule has 59 valence electrons. The molecule has 12 heavy (non-hydrogen) atoms. The van der Waals surface area contributed by atoms with Gasteiger partial charge in [0.15, 0.2) is 0 Å². The smallest absolute Gasteiger partial charge is 0.401 e. The molecule has 0 aliphatic carbocycles. The molecule has 3 heteroatoms. The van der Waals surface area contributed by atoms with Crippen LogP contribution in [0.3, 0.4) is 0 Å². The number of ether oxygens (including phenoxy) is 1. The number of hydrogen-bond acceptors (Lipinski definition) is 2. The Morgan fingerprint density at radius 2 is 2.17 bits per heavy atom. The first-order valence-electron chi connectivity index (χ1n) is 3.52. The van der Waals surface area contributed by atoms with Gasteiger partial charge in [-0.2, -0.15) is 0 Å². The molecule has 0 saturated heterocycles. The van der Waals surface area contributed by atoms with E-state index in [2.05, 4.69) is 9.72 Å². The predicted octanol–water partition coefficient (Wildman–Crippen LogP) is 1.61. The quantitative estimate of drug-likeness (QED) is 0.725. The number of aromatic amines is 1. The van der Waals surface area contributed by atoms with Crippen LogP contribution in [0.5, 0.6) is 5.88 Å². The molecule has 0 aliphatic rings. The van der Waals surface area contributed by atoms with E-state index in [4.69, 9.17) is 0 Å². The van der Waals surface area contributed by atoms with Gasteiger partial charge < -0.3 is 9.72 Å². The van der Waals surface area contributed by atoms with Crippen molar-refractivity contribution in [2.45, 2.75) is 0 Å². The normalized spacial score (nSPS) is 10.0. The Kier molecular flexibility index (Phi) is 1.55. The predicted molar refractivity (Wildman–Crippen MR) is 44.6 cm³/mol. The molecule has 1 aromatic carbocycles. The van der Waals surface area contributed by atoms with Crippen molar-refractivity contribution in [3.8, 4) is 5.88 Å². The van der Waals surface area contributed by atoms with Crippen molar-refractivity contribution in [2.75, 3.05) is 0 Å². The highest BCUT2D eigenvalue weighted by Crippen LogP contribution is 2.18. The van der Waals surface area contributed by atoms with Gasteiger partial charge in [0, 0.05) is 17.0 Å². The van der Waals surface area contributed by atoms with Crippen molar-refractivity contribution in [1.82, 2.24) is 4.98 Å². The summed E-state index contributed by atoms with van der Waals surface area (Å²) in [5, 5.41) is 1.02. The minimum atomic E-state index is 0.422. The second kappa shape index (κ2) is 2.70. The molecule has 0 bridgehead atoms. The van der Waals surface area contributed by atoms with E-state index >= 15 is 0 Å². The zero-order chi connectivity index (χ0) is 8.39. The van der Waals surface area contributed by atoms with Gasteiger partial charge in [0.25, 0.3) is 0 Å². The number of rotatable bonds is 2. The standard InChI is InChI=1S/C9H6NO2/c11-6-12-9-5-7-3-1-2-4-8(7)10-9/h1-5,10H. The number of aromatic nitrogens is 1. The lowest BCUT2D eigenvalue weighted by atomic mass is 10.3. The van der Waals surface area contributed by atoms with Gasteiger partial charge >= 0.3 is 6.47 Å². The molecule has 1 aromatic heterocycles. The van der Waals surface area contributed by atoms with Crippen LogP contribution in [0.4, 0.5) is 0 Å². The number of H-pyrrole nitrogens is 1. The molecule has 0 amide bonds. The van der Waals surface area contributed by atoms with E-state index < -0.39 is 0 Å². The minimum Gasteiger partial charge on any atom is -0.401 e. The molecular weight excluding hydrogens is 154 g/mol. The molecule has 3 nitrogen and oxygen atoms in total. The van der Waals surface area contributed by atoms with Crippen molar-refractivity contribution < 1.29 is 9.53 Å². The molecule has 2 aromatic rings. The Labute approximate surface area is 69.0 Å². The van der Waals surface area contributed by atoms with E-state index in [9.17, 15) is 4.79 Å². The number of para-hydroxylation sites is 1. The average molecular weight is 160 g/mol. The van der Waals surface area contributed by atoms with Crippen LogP contribution in [-0.4, -0.2) is 11.5 Å². The Morgan fingerprint density at radius 3 is 2.92 bits per heavy atom. The van der Waals surface area contributed by atoms with E-state index in [1.165, 1.54) is 6.47 Å². The van der Waals surface area contributed by atoms with Crippen LogP contribution in [-0.2, 0) is 4.79 Å². The first-order valence-corrected chi connectivity index (χ1v) is 3.52. The van der Waals surface area contributed by atoms with Crippen molar-refractivity contribution in [3.63, 3.8) is 0 Å². The van der Waals surface area contributed by atoms with Gasteiger partial charge in [-0.15, -0.1) is 0 Å². The summed E-state index contributed by atoms with van der Waals surface area (Å²) in [7, 11) is 0. The Bertz CT molecular complexity index is 373. The van der Waals surface area contributed by atoms with Crippen molar-refractivity contribution >= 4 is 17.4 Å². The molecule has 0 fully saturated rings. The lowest BCUT2D eigenvalue weighted by Crippen LogP contribution is -1.86. The monoisotopic (exact) mass is 160 g/mol. The van der Waals surface area contributed by atoms with Gasteiger partial charge in [0.2, 0.25) is 5.88 Å². The number of fused-ring (bicyclic) bond motifs is 1. The summed E-state index contributed by atoms with van der Waals surface area (Å²) in [6.45, 7) is 1.36. The van der Waals surface area contributed by atoms with Gasteiger partial charge in [0.05, 0.1) is 0 Å². The van der Waals surface area contributed by atoms with E-state index in [-0.39, 0.29) is 0 Å². The zero-order valence-corrected chi connectivity index (χ0v) is 6.20. The largest absolute Gasteiger partial charge is 0.424 e. The van der Waals surface area contributed by atoms with E-state index in [0.717, 1.165) is 10.9 Å². The van der Waals surface area contributed by atoms with Crippen molar-refractivity contribution in [1.29, 1.82) is 0 Å². The van der Waals surface area contributed by atoms with Crippen molar-refractivity contribution in [2.24, 2.45) is 0 Å². The molecule has 0 unspecified atom stereocenters. The average Bonchev–Trinajstić information content (AvgIpc) is 2.47. The van der Waals surface area contributed by atoms with Gasteiger partial charge in [-0.05, 0) is 6.07 Å². The summed E-state index contributed by atoms with van der Waals surface area (Å²) in [4.78, 5) is 12.8. The summed E-state index contributed by atoms with van der Waals surface area (Å²) in [5.74, 6) is 0.422. The maximum absolute atomic E-state index is 9.88. The molecule has 0 saturated carbocycles. The van der Waals surface area contributed by atoms with Crippen LogP contribution in [0.25, 0.3) is 10.9 Å². The van der Waals surface area contributed by atoms with Crippen LogP contribution in [0.1, 0.15) is 0 Å². The van der Waals surface area contributed by atoms with Gasteiger partial charge in [0.1, 0.15) is 0 Å². The van der Waals surface area contributed by atoms with Crippen LogP contribution in [0.2, 0.25) is 0 Å². The van der Waals surface area contributed by atoms with Crippen LogP contribution in [0.15, 0.2) is 30.3 Å². The number of carbonyl (C=O) groups excluding carboxylic acids is 1. The summed E-state index contributed by atoms with van der Waals surface area (Å²) < 4.78 is 4.53. The second-order valence-corrected chi connectivity index (χ2v) is 2.41. The summed E-state index contributed by atoms with van der Waals surface area (Å²) in [6.07, 6.45) is 0. The maximum Gasteiger partial charge on any atom is 0.424 e. The van der Waals surface area contributed by atoms with Gasteiger partial charge in [-0.3, -0.25) is 0 Å². The van der Waals surface area contributed by atoms with Crippen molar-refractivity contribution in [3.05, 3.63) is 30.3 Å². The fourth-order valence-electron chi connectivity index (χ4n) is 1.15. The number of nitrogens with one attached hydrogen (secondary N) is 1. The fraction of sp³-hybridized carbons (Fsp3) is 0. The highest BCUT2D eigenvalue weighted by molar-refractivity contribution is 5.81. The zero-order valence-electron chi connectivity index (χ0n) is 6.20. The first kappa shape index (κ1) is 6.91. The third kappa shape index (κ3) is 1.05. The SMILES string of the molecule is O=[C]Oc1cc2ccccc2[nH]1. The molecule has 0 atom stereocenters. The lowest BCUT2D eigenvalue weighted by Gasteiger charge is -1.86. The third-order valence-corrected chi connectivity index (χ3v) is 1.66. The molecule has 1 radical (unpaired) electrons. The fourth-order valence-corrected chi connectivity index (χ4v) is 1.15. The summed E-state index contributed by atoms with van der Waals surface area (Å²) >= 11 is 0. The highest BCUT2D eigenvalue weighted by Gasteiger charge is 1.98. The minimum absolute atomic E-state index is 0.422. The first-order chi connectivity index (χ1) is 5.90. The van der Waals surface area contributed by atoms with Gasteiger partial charge in [-0.1, -0.05) is 18.2 Å². The highest BCUT2D eigenvalue weighted by atomic mass is 16.5. The van der Waals surface area contributed by atoms with Crippen LogP contribution in [0, 0.1) is 0 Å². The molecule has 0 aliphatic heterocycles. The molecule has 2 rings (SSSR count). The van der Waals surface area contributed by atoms with Gasteiger partial charge in [-0.25, -0.2) is 4.79 Å². The molecule has 0 spiro atoms. The Balaban J connectivity index is 2.54. The summed E-state index contributed by atoms with van der Waals surface area (Å²) in [6, 6.07) is 9.43. The number of hydrogen-bond donors (Lipinski definition) is 1.